The van der Waals surface area contributed by atoms with Gasteiger partial charge in [-0.25, -0.2) is 0 Å². The molecule has 4 heteroatoms. The van der Waals surface area contributed by atoms with Gasteiger partial charge in [-0.2, -0.15) is 0 Å². The molecule has 26 heavy (non-hydrogen) atoms. The maximum absolute atomic E-state index is 12.2. The lowest BCUT2D eigenvalue weighted by atomic mass is 10.1. The summed E-state index contributed by atoms with van der Waals surface area (Å²) in [5.41, 5.74) is 3.19. The molecular weight excluding hydrogens is 322 g/mol. The molecule has 3 aromatic rings. The van der Waals surface area contributed by atoms with Crippen molar-refractivity contribution in [1.29, 1.82) is 0 Å². The molecule has 0 aliphatic heterocycles. The lowest BCUT2D eigenvalue weighted by molar-refractivity contribution is -0.120. The number of pyridine rings is 1. The van der Waals surface area contributed by atoms with Crippen LogP contribution in [0.15, 0.2) is 66.9 Å². The van der Waals surface area contributed by atoms with Gasteiger partial charge in [-0.15, -0.1) is 0 Å². The van der Waals surface area contributed by atoms with E-state index >= 15 is 0 Å². The molecule has 0 saturated carbocycles. The number of amides is 1. The van der Waals surface area contributed by atoms with Crippen molar-refractivity contribution in [3.63, 3.8) is 0 Å². The predicted octanol–water partition coefficient (Wildman–Crippen LogP) is 3.42. The topological polar surface area (TPSA) is 45.2 Å². The fraction of sp³-hybridized carbons (Fsp3) is 0.273. The van der Waals surface area contributed by atoms with E-state index in [0.717, 1.165) is 36.0 Å². The van der Waals surface area contributed by atoms with E-state index in [2.05, 4.69) is 46.5 Å². The van der Waals surface area contributed by atoms with Crippen LogP contribution in [0.4, 0.5) is 0 Å². The fourth-order valence-electron chi connectivity index (χ4n) is 3.10. The Bertz CT molecular complexity index is 843. The van der Waals surface area contributed by atoms with Gasteiger partial charge in [0, 0.05) is 24.7 Å². The van der Waals surface area contributed by atoms with Crippen LogP contribution in [-0.2, 0) is 17.8 Å². The molecule has 0 aliphatic carbocycles. The number of benzene rings is 2. The zero-order chi connectivity index (χ0) is 18.2. The maximum Gasteiger partial charge on any atom is 0.224 e. The lowest BCUT2D eigenvalue weighted by Gasteiger charge is -2.16. The summed E-state index contributed by atoms with van der Waals surface area (Å²) in [4.78, 5) is 18.9. The van der Waals surface area contributed by atoms with Crippen LogP contribution in [0.1, 0.15) is 17.5 Å². The summed E-state index contributed by atoms with van der Waals surface area (Å²) >= 11 is 0. The monoisotopic (exact) mass is 347 g/mol. The van der Waals surface area contributed by atoms with Crippen molar-refractivity contribution >= 4 is 16.8 Å². The zero-order valence-electron chi connectivity index (χ0n) is 15.2. The van der Waals surface area contributed by atoms with Crippen LogP contribution >= 0.6 is 0 Å². The Morgan fingerprint density at radius 1 is 1.04 bits per heavy atom. The van der Waals surface area contributed by atoms with Crippen molar-refractivity contribution in [3.05, 3.63) is 78.0 Å². The first kappa shape index (κ1) is 18.1. The van der Waals surface area contributed by atoms with E-state index in [-0.39, 0.29) is 5.91 Å². The minimum Gasteiger partial charge on any atom is -0.356 e. The standard InChI is InChI=1S/C22H25N3O/c1-25(17-18-8-3-2-4-9-18)15-7-14-23-21(26)16-20-11-5-10-19-12-6-13-24-22(19)20/h2-6,8-13H,7,14-17H2,1H3,(H,23,26). The van der Waals surface area contributed by atoms with E-state index in [1.54, 1.807) is 6.20 Å². The first-order valence-electron chi connectivity index (χ1n) is 9.04. The largest absolute Gasteiger partial charge is 0.356 e. The van der Waals surface area contributed by atoms with Gasteiger partial charge >= 0.3 is 0 Å². The Morgan fingerprint density at radius 3 is 2.69 bits per heavy atom. The van der Waals surface area contributed by atoms with Gasteiger partial charge in [-0.05, 0) is 37.2 Å². The molecule has 2 aromatic carbocycles. The molecule has 0 bridgehead atoms. The maximum atomic E-state index is 12.2. The minimum absolute atomic E-state index is 0.0499. The molecule has 0 atom stereocenters. The van der Waals surface area contributed by atoms with E-state index in [1.807, 2.05) is 36.4 Å². The van der Waals surface area contributed by atoms with E-state index < -0.39 is 0 Å². The third-order valence-electron chi connectivity index (χ3n) is 4.40. The molecule has 1 amide bonds. The lowest BCUT2D eigenvalue weighted by Crippen LogP contribution is -2.29. The summed E-state index contributed by atoms with van der Waals surface area (Å²) in [7, 11) is 2.11. The Morgan fingerprint density at radius 2 is 1.85 bits per heavy atom. The highest BCUT2D eigenvalue weighted by Gasteiger charge is 2.07. The van der Waals surface area contributed by atoms with Crippen LogP contribution in [0.5, 0.6) is 0 Å². The number of hydrogen-bond donors (Lipinski definition) is 1. The number of para-hydroxylation sites is 1. The SMILES string of the molecule is CN(CCCNC(=O)Cc1cccc2cccnc12)Cc1ccccc1. The number of hydrogen-bond acceptors (Lipinski definition) is 3. The van der Waals surface area contributed by atoms with Gasteiger partial charge in [-0.3, -0.25) is 9.78 Å². The van der Waals surface area contributed by atoms with Crippen LogP contribution in [0.2, 0.25) is 0 Å². The van der Waals surface area contributed by atoms with Crippen molar-refractivity contribution in [2.75, 3.05) is 20.1 Å². The van der Waals surface area contributed by atoms with Crippen LogP contribution in [0, 0.1) is 0 Å². The van der Waals surface area contributed by atoms with Gasteiger partial charge in [0.2, 0.25) is 5.91 Å². The van der Waals surface area contributed by atoms with Crippen LogP contribution in [-0.4, -0.2) is 35.9 Å². The Kier molecular flexibility index (Phi) is 6.34. The molecule has 0 fully saturated rings. The fourth-order valence-corrected chi connectivity index (χ4v) is 3.10. The highest BCUT2D eigenvalue weighted by Crippen LogP contribution is 2.16. The summed E-state index contributed by atoms with van der Waals surface area (Å²) in [6, 6.07) is 20.3. The molecule has 1 aromatic heterocycles. The molecule has 4 nitrogen and oxygen atoms in total. The molecule has 0 saturated heterocycles. The zero-order valence-corrected chi connectivity index (χ0v) is 15.2. The van der Waals surface area contributed by atoms with Crippen molar-refractivity contribution in [2.45, 2.75) is 19.4 Å². The van der Waals surface area contributed by atoms with Crippen LogP contribution in [0.25, 0.3) is 10.9 Å². The number of rotatable bonds is 8. The Balaban J connectivity index is 1.41. The van der Waals surface area contributed by atoms with E-state index in [0.29, 0.717) is 13.0 Å². The van der Waals surface area contributed by atoms with E-state index in [4.69, 9.17) is 0 Å². The Labute approximate surface area is 154 Å². The summed E-state index contributed by atoms with van der Waals surface area (Å²) in [5.74, 6) is 0.0499. The number of nitrogens with one attached hydrogen (secondary N) is 1. The van der Waals surface area contributed by atoms with Gasteiger partial charge in [0.05, 0.1) is 11.9 Å². The third kappa shape index (κ3) is 5.14. The quantitative estimate of drug-likeness (QED) is 0.635. The molecule has 0 radical (unpaired) electrons. The van der Waals surface area contributed by atoms with Gasteiger partial charge < -0.3 is 10.2 Å². The van der Waals surface area contributed by atoms with Crippen molar-refractivity contribution in [1.82, 2.24) is 15.2 Å². The van der Waals surface area contributed by atoms with Crippen molar-refractivity contribution < 1.29 is 4.79 Å². The highest BCUT2D eigenvalue weighted by atomic mass is 16.1. The molecule has 1 heterocycles. The average molecular weight is 347 g/mol. The van der Waals surface area contributed by atoms with E-state index in [9.17, 15) is 4.79 Å². The van der Waals surface area contributed by atoms with Gasteiger partial charge in [0.1, 0.15) is 0 Å². The second-order valence-corrected chi connectivity index (χ2v) is 6.60. The number of carbonyl (C=O) groups is 1. The average Bonchev–Trinajstić information content (AvgIpc) is 2.66. The van der Waals surface area contributed by atoms with Crippen LogP contribution in [0.3, 0.4) is 0 Å². The summed E-state index contributed by atoms with van der Waals surface area (Å²) < 4.78 is 0. The second kappa shape index (κ2) is 9.11. The van der Waals surface area contributed by atoms with Gasteiger partial charge in [0.25, 0.3) is 0 Å². The molecular formula is C22H25N3O. The number of fused-ring (bicyclic) bond motifs is 1. The summed E-state index contributed by atoms with van der Waals surface area (Å²) in [5, 5.41) is 4.09. The van der Waals surface area contributed by atoms with Crippen molar-refractivity contribution in [2.24, 2.45) is 0 Å². The molecule has 0 unspecified atom stereocenters. The normalized spacial score (nSPS) is 11.0. The van der Waals surface area contributed by atoms with Gasteiger partial charge in [0.15, 0.2) is 0 Å². The highest BCUT2D eigenvalue weighted by molar-refractivity contribution is 5.87. The van der Waals surface area contributed by atoms with Gasteiger partial charge in [-0.1, -0.05) is 54.6 Å². The first-order valence-corrected chi connectivity index (χ1v) is 9.04. The minimum atomic E-state index is 0.0499. The third-order valence-corrected chi connectivity index (χ3v) is 4.40. The number of carbonyl (C=O) groups excluding carboxylic acids is 1. The van der Waals surface area contributed by atoms with Crippen molar-refractivity contribution in [3.8, 4) is 0 Å². The molecule has 3 rings (SSSR count). The predicted molar refractivity (Wildman–Crippen MR) is 106 cm³/mol. The summed E-state index contributed by atoms with van der Waals surface area (Å²) in [6.45, 7) is 2.57. The summed E-state index contributed by atoms with van der Waals surface area (Å²) in [6.07, 6.45) is 3.07. The second-order valence-electron chi connectivity index (χ2n) is 6.60. The van der Waals surface area contributed by atoms with Crippen LogP contribution < -0.4 is 5.32 Å². The number of aromatic nitrogens is 1. The molecule has 134 valence electrons. The smallest absolute Gasteiger partial charge is 0.224 e. The molecule has 1 N–H and O–H groups in total. The van der Waals surface area contributed by atoms with E-state index in [1.165, 1.54) is 5.56 Å². The first-order chi connectivity index (χ1) is 12.7. The number of nitrogens with zero attached hydrogens (tertiary/aromatic N) is 2. The Hall–Kier alpha value is -2.72. The molecule has 0 aliphatic rings. The molecule has 0 spiro atoms.